The highest BCUT2D eigenvalue weighted by molar-refractivity contribution is 5.89. The number of nitrogens with zero attached hydrogens (tertiary/aromatic N) is 3. The fraction of sp³-hybridized carbons (Fsp3) is 0.100. The van der Waals surface area contributed by atoms with E-state index in [1.54, 1.807) is 6.92 Å². The summed E-state index contributed by atoms with van der Waals surface area (Å²) in [5.41, 5.74) is 5.97. The fourth-order valence-corrected chi connectivity index (χ4v) is 1.32. The van der Waals surface area contributed by atoms with Crippen molar-refractivity contribution >= 4 is 5.91 Å². The summed E-state index contributed by atoms with van der Waals surface area (Å²) < 4.78 is 1.44. The van der Waals surface area contributed by atoms with Crippen molar-refractivity contribution in [3.63, 3.8) is 0 Å². The first-order chi connectivity index (χ1) is 7.18. The second-order valence-corrected chi connectivity index (χ2v) is 3.09. The first-order valence-corrected chi connectivity index (χ1v) is 4.47. The van der Waals surface area contributed by atoms with Gasteiger partial charge in [0, 0.05) is 0 Å². The number of benzene rings is 1. The van der Waals surface area contributed by atoms with Crippen LogP contribution in [0.25, 0.3) is 5.69 Å². The topological polar surface area (TPSA) is 73.8 Å². The van der Waals surface area contributed by atoms with Crippen LogP contribution in [0.1, 0.15) is 16.4 Å². The molecule has 2 aromatic rings. The van der Waals surface area contributed by atoms with E-state index in [-0.39, 0.29) is 5.82 Å². The summed E-state index contributed by atoms with van der Waals surface area (Å²) in [7, 11) is 0. The Hall–Kier alpha value is -2.17. The molecule has 2 rings (SSSR count). The van der Waals surface area contributed by atoms with Crippen molar-refractivity contribution in [1.29, 1.82) is 0 Å². The standard InChI is InChI=1S/C10H10N4O/c1-7-12-10(9(11)15)14(13-7)8-5-3-2-4-6-8/h2-6H,1H3,(H2,11,15). The third kappa shape index (κ3) is 1.71. The smallest absolute Gasteiger partial charge is 0.286 e. The lowest BCUT2D eigenvalue weighted by atomic mass is 10.3. The van der Waals surface area contributed by atoms with Crippen LogP contribution in [-0.4, -0.2) is 20.7 Å². The van der Waals surface area contributed by atoms with Gasteiger partial charge in [0.1, 0.15) is 5.82 Å². The average molecular weight is 202 g/mol. The molecule has 0 aliphatic rings. The highest BCUT2D eigenvalue weighted by Gasteiger charge is 2.13. The largest absolute Gasteiger partial charge is 0.363 e. The zero-order valence-corrected chi connectivity index (χ0v) is 8.21. The summed E-state index contributed by atoms with van der Waals surface area (Å²) in [5, 5.41) is 4.11. The molecule has 0 saturated carbocycles. The number of nitrogens with two attached hydrogens (primary N) is 1. The third-order valence-electron chi connectivity index (χ3n) is 1.93. The molecule has 15 heavy (non-hydrogen) atoms. The van der Waals surface area contributed by atoms with E-state index in [0.717, 1.165) is 5.69 Å². The first kappa shape index (κ1) is 9.39. The Balaban J connectivity index is 2.58. The molecule has 0 saturated heterocycles. The van der Waals surface area contributed by atoms with Gasteiger partial charge in [0.25, 0.3) is 5.91 Å². The number of aromatic nitrogens is 3. The van der Waals surface area contributed by atoms with Gasteiger partial charge in [-0.3, -0.25) is 4.79 Å². The van der Waals surface area contributed by atoms with E-state index in [1.807, 2.05) is 30.3 Å². The summed E-state index contributed by atoms with van der Waals surface area (Å²) in [5.74, 6) is 0.0887. The molecule has 0 unspecified atom stereocenters. The molecule has 0 atom stereocenters. The van der Waals surface area contributed by atoms with Gasteiger partial charge in [-0.25, -0.2) is 9.67 Å². The number of rotatable bonds is 2. The third-order valence-corrected chi connectivity index (χ3v) is 1.93. The van der Waals surface area contributed by atoms with Crippen LogP contribution in [0.3, 0.4) is 0 Å². The summed E-state index contributed by atoms with van der Waals surface area (Å²) in [6.07, 6.45) is 0. The summed E-state index contributed by atoms with van der Waals surface area (Å²) in [6.45, 7) is 1.71. The number of carbonyl (C=O) groups is 1. The molecule has 0 fully saturated rings. The number of primary amides is 1. The van der Waals surface area contributed by atoms with Crippen molar-refractivity contribution in [2.45, 2.75) is 6.92 Å². The van der Waals surface area contributed by atoms with Crippen molar-refractivity contribution in [2.24, 2.45) is 5.73 Å². The quantitative estimate of drug-likeness (QED) is 0.778. The highest BCUT2D eigenvalue weighted by Crippen LogP contribution is 2.08. The van der Waals surface area contributed by atoms with Gasteiger partial charge < -0.3 is 5.73 Å². The molecule has 0 spiro atoms. The Bertz CT molecular complexity index is 489. The Morgan fingerprint density at radius 1 is 1.33 bits per heavy atom. The van der Waals surface area contributed by atoms with Gasteiger partial charge in [0.05, 0.1) is 5.69 Å². The second-order valence-electron chi connectivity index (χ2n) is 3.09. The van der Waals surface area contributed by atoms with Gasteiger partial charge in [-0.1, -0.05) is 18.2 Å². The van der Waals surface area contributed by atoms with E-state index in [1.165, 1.54) is 4.68 Å². The Morgan fingerprint density at radius 3 is 2.60 bits per heavy atom. The molecule has 1 heterocycles. The average Bonchev–Trinajstić information content (AvgIpc) is 2.62. The number of hydrogen-bond acceptors (Lipinski definition) is 3. The molecular formula is C10H10N4O. The Morgan fingerprint density at radius 2 is 2.00 bits per heavy atom. The maximum atomic E-state index is 11.1. The molecule has 0 aliphatic heterocycles. The monoisotopic (exact) mass is 202 g/mol. The van der Waals surface area contributed by atoms with Crippen LogP contribution in [-0.2, 0) is 0 Å². The van der Waals surface area contributed by atoms with Crippen LogP contribution in [0.5, 0.6) is 0 Å². The van der Waals surface area contributed by atoms with Gasteiger partial charge in [0.2, 0.25) is 5.82 Å². The van der Waals surface area contributed by atoms with Crippen molar-refractivity contribution in [1.82, 2.24) is 14.8 Å². The van der Waals surface area contributed by atoms with Crippen molar-refractivity contribution in [3.05, 3.63) is 42.0 Å². The van der Waals surface area contributed by atoms with Gasteiger partial charge in [-0.05, 0) is 19.1 Å². The zero-order chi connectivity index (χ0) is 10.8. The van der Waals surface area contributed by atoms with Crippen LogP contribution in [0.4, 0.5) is 0 Å². The lowest BCUT2D eigenvalue weighted by Crippen LogP contribution is -2.17. The summed E-state index contributed by atoms with van der Waals surface area (Å²) in [4.78, 5) is 15.1. The Kier molecular flexibility index (Phi) is 2.21. The molecule has 76 valence electrons. The first-order valence-electron chi connectivity index (χ1n) is 4.47. The van der Waals surface area contributed by atoms with Crippen molar-refractivity contribution < 1.29 is 4.79 Å². The maximum Gasteiger partial charge on any atom is 0.286 e. The molecule has 1 aromatic carbocycles. The highest BCUT2D eigenvalue weighted by atomic mass is 16.1. The summed E-state index contributed by atoms with van der Waals surface area (Å²) >= 11 is 0. The minimum atomic E-state index is -0.584. The number of aryl methyl sites for hydroxylation is 1. The van der Waals surface area contributed by atoms with Crippen LogP contribution < -0.4 is 5.73 Å². The second kappa shape index (κ2) is 3.53. The lowest BCUT2D eigenvalue weighted by Gasteiger charge is -2.01. The number of para-hydroxylation sites is 1. The maximum absolute atomic E-state index is 11.1. The van der Waals surface area contributed by atoms with Crippen LogP contribution in [0, 0.1) is 6.92 Å². The fourth-order valence-electron chi connectivity index (χ4n) is 1.32. The van der Waals surface area contributed by atoms with E-state index in [0.29, 0.717) is 5.82 Å². The molecule has 5 nitrogen and oxygen atoms in total. The predicted octanol–water partition coefficient (Wildman–Crippen LogP) is 0.675. The molecule has 1 amide bonds. The number of carbonyl (C=O) groups excluding carboxylic acids is 1. The van der Waals surface area contributed by atoms with Gasteiger partial charge in [-0.15, -0.1) is 0 Å². The number of amides is 1. The van der Waals surface area contributed by atoms with Crippen molar-refractivity contribution in [3.8, 4) is 5.69 Å². The number of hydrogen-bond donors (Lipinski definition) is 1. The molecule has 0 aliphatic carbocycles. The molecule has 0 bridgehead atoms. The minimum Gasteiger partial charge on any atom is -0.363 e. The van der Waals surface area contributed by atoms with Crippen LogP contribution >= 0.6 is 0 Å². The van der Waals surface area contributed by atoms with E-state index >= 15 is 0 Å². The van der Waals surface area contributed by atoms with E-state index in [9.17, 15) is 4.79 Å². The van der Waals surface area contributed by atoms with Crippen molar-refractivity contribution in [2.75, 3.05) is 0 Å². The molecule has 2 N–H and O–H groups in total. The predicted molar refractivity (Wildman–Crippen MR) is 54.6 cm³/mol. The van der Waals surface area contributed by atoms with Crippen LogP contribution in [0.15, 0.2) is 30.3 Å². The normalized spacial score (nSPS) is 10.2. The van der Waals surface area contributed by atoms with Crippen LogP contribution in [0.2, 0.25) is 0 Å². The van der Waals surface area contributed by atoms with E-state index in [4.69, 9.17) is 5.73 Å². The molecule has 5 heteroatoms. The Labute approximate surface area is 86.5 Å². The molecule has 0 radical (unpaired) electrons. The van der Waals surface area contributed by atoms with E-state index in [2.05, 4.69) is 10.1 Å². The zero-order valence-electron chi connectivity index (χ0n) is 8.21. The van der Waals surface area contributed by atoms with Gasteiger partial charge >= 0.3 is 0 Å². The SMILES string of the molecule is Cc1nc(C(N)=O)n(-c2ccccc2)n1. The lowest BCUT2D eigenvalue weighted by molar-refractivity contribution is 0.0988. The van der Waals surface area contributed by atoms with Gasteiger partial charge in [-0.2, -0.15) is 5.10 Å². The molecule has 1 aromatic heterocycles. The van der Waals surface area contributed by atoms with E-state index < -0.39 is 5.91 Å². The minimum absolute atomic E-state index is 0.152. The summed E-state index contributed by atoms with van der Waals surface area (Å²) in [6, 6.07) is 9.27. The van der Waals surface area contributed by atoms with Gasteiger partial charge in [0.15, 0.2) is 0 Å². The molecular weight excluding hydrogens is 192 g/mol.